The van der Waals surface area contributed by atoms with E-state index in [1.165, 1.54) is 0 Å². The molecular formula is C11H15BrFN. The van der Waals surface area contributed by atoms with E-state index in [-0.39, 0.29) is 11.9 Å². The second-order valence-corrected chi connectivity index (χ2v) is 4.41. The lowest BCUT2D eigenvalue weighted by molar-refractivity contribution is 0.438. The third-order valence-corrected chi connectivity index (χ3v) is 3.21. The zero-order valence-corrected chi connectivity index (χ0v) is 10.0. The topological polar surface area (TPSA) is 26.0 Å². The highest BCUT2D eigenvalue weighted by Crippen LogP contribution is 2.27. The van der Waals surface area contributed by atoms with Crippen molar-refractivity contribution >= 4 is 15.9 Å². The Bertz CT molecular complexity index is 314. The summed E-state index contributed by atoms with van der Waals surface area (Å²) >= 11 is 3.15. The molecule has 2 N–H and O–H groups in total. The predicted molar refractivity (Wildman–Crippen MR) is 60.5 cm³/mol. The Morgan fingerprint density at radius 2 is 2.14 bits per heavy atom. The number of nitrogens with two attached hydrogens (primary N) is 1. The maximum absolute atomic E-state index is 13.6. The van der Waals surface area contributed by atoms with Gasteiger partial charge in [-0.15, -0.1) is 0 Å². The maximum atomic E-state index is 13.6. The van der Waals surface area contributed by atoms with E-state index in [1.807, 2.05) is 13.0 Å². The molecule has 0 aliphatic rings. The Balaban J connectivity index is 3.01. The van der Waals surface area contributed by atoms with Gasteiger partial charge in [0.05, 0.1) is 4.47 Å². The van der Waals surface area contributed by atoms with Crippen molar-refractivity contribution in [2.24, 2.45) is 11.7 Å². The number of hydrogen-bond acceptors (Lipinski definition) is 1. The predicted octanol–water partition coefficient (Wildman–Crippen LogP) is 3.63. The molecule has 1 nitrogen and oxygen atoms in total. The van der Waals surface area contributed by atoms with Crippen molar-refractivity contribution in [2.75, 3.05) is 0 Å². The van der Waals surface area contributed by atoms with Gasteiger partial charge < -0.3 is 5.73 Å². The third kappa shape index (κ3) is 2.34. The van der Waals surface area contributed by atoms with Crippen molar-refractivity contribution in [3.05, 3.63) is 34.1 Å². The number of benzene rings is 1. The minimum absolute atomic E-state index is 0.225. The lowest BCUT2D eigenvalue weighted by Crippen LogP contribution is -2.19. The number of hydrogen-bond donors (Lipinski definition) is 1. The van der Waals surface area contributed by atoms with E-state index in [0.29, 0.717) is 16.0 Å². The van der Waals surface area contributed by atoms with Gasteiger partial charge in [0.2, 0.25) is 0 Å². The average molecular weight is 260 g/mol. The first-order chi connectivity index (χ1) is 6.57. The Morgan fingerprint density at radius 1 is 1.50 bits per heavy atom. The van der Waals surface area contributed by atoms with Crippen molar-refractivity contribution in [1.82, 2.24) is 0 Å². The summed E-state index contributed by atoms with van der Waals surface area (Å²) in [4.78, 5) is 0. The van der Waals surface area contributed by atoms with Crippen LogP contribution < -0.4 is 5.73 Å². The molecule has 0 saturated heterocycles. The van der Waals surface area contributed by atoms with Crippen molar-refractivity contribution < 1.29 is 4.39 Å². The van der Waals surface area contributed by atoms with Crippen molar-refractivity contribution in [3.63, 3.8) is 0 Å². The molecule has 0 aliphatic carbocycles. The van der Waals surface area contributed by atoms with Gasteiger partial charge in [-0.3, -0.25) is 0 Å². The lowest BCUT2D eigenvalue weighted by atomic mass is 9.93. The number of rotatable bonds is 3. The molecule has 1 rings (SSSR count). The van der Waals surface area contributed by atoms with Gasteiger partial charge in [-0.25, -0.2) is 4.39 Å². The molecule has 0 spiro atoms. The fourth-order valence-corrected chi connectivity index (χ4v) is 1.72. The van der Waals surface area contributed by atoms with Crippen LogP contribution in [0, 0.1) is 11.7 Å². The summed E-state index contributed by atoms with van der Waals surface area (Å²) in [6.45, 7) is 4.09. The van der Waals surface area contributed by atoms with E-state index >= 15 is 0 Å². The zero-order chi connectivity index (χ0) is 10.7. The minimum atomic E-state index is -0.236. The van der Waals surface area contributed by atoms with Crippen LogP contribution in [0.25, 0.3) is 0 Å². The smallest absolute Gasteiger partial charge is 0.142 e. The molecule has 0 aliphatic heterocycles. The molecule has 78 valence electrons. The summed E-state index contributed by atoms with van der Waals surface area (Å²) in [6, 6.07) is 5.02. The molecule has 1 aromatic carbocycles. The van der Waals surface area contributed by atoms with E-state index in [9.17, 15) is 4.39 Å². The Labute approximate surface area is 92.6 Å². The molecule has 3 heteroatoms. The van der Waals surface area contributed by atoms with Crippen LogP contribution in [0.4, 0.5) is 4.39 Å². The summed E-state index contributed by atoms with van der Waals surface area (Å²) < 4.78 is 14.1. The largest absolute Gasteiger partial charge is 0.324 e. The molecule has 14 heavy (non-hydrogen) atoms. The highest BCUT2D eigenvalue weighted by atomic mass is 79.9. The van der Waals surface area contributed by atoms with Gasteiger partial charge in [-0.05, 0) is 27.9 Å². The summed E-state index contributed by atoms with van der Waals surface area (Å²) in [5.41, 5.74) is 6.55. The summed E-state index contributed by atoms with van der Waals surface area (Å²) in [5, 5.41) is 0. The molecular weight excluding hydrogens is 245 g/mol. The van der Waals surface area contributed by atoms with E-state index in [4.69, 9.17) is 5.73 Å². The normalized spacial score (nSPS) is 15.2. The Morgan fingerprint density at radius 3 is 2.71 bits per heavy atom. The molecule has 1 unspecified atom stereocenters. The first kappa shape index (κ1) is 11.7. The summed E-state index contributed by atoms with van der Waals surface area (Å²) in [7, 11) is 0. The van der Waals surface area contributed by atoms with E-state index in [0.717, 1.165) is 6.42 Å². The fraction of sp³-hybridized carbons (Fsp3) is 0.455. The quantitative estimate of drug-likeness (QED) is 0.882. The zero-order valence-electron chi connectivity index (χ0n) is 8.43. The second-order valence-electron chi connectivity index (χ2n) is 3.55. The fourth-order valence-electron chi connectivity index (χ4n) is 1.34. The van der Waals surface area contributed by atoms with Crippen LogP contribution in [0.1, 0.15) is 31.9 Å². The molecule has 0 aromatic heterocycles. The number of halogens is 2. The van der Waals surface area contributed by atoms with Gasteiger partial charge in [-0.2, -0.15) is 0 Å². The van der Waals surface area contributed by atoms with Crippen LogP contribution in [0.2, 0.25) is 0 Å². The summed E-state index contributed by atoms with van der Waals surface area (Å²) in [6.07, 6.45) is 0.952. The van der Waals surface area contributed by atoms with Gasteiger partial charge in [0.1, 0.15) is 5.82 Å². The Hall–Kier alpha value is -0.410. The molecule has 0 saturated carbocycles. The Kier molecular flexibility index (Phi) is 4.08. The highest BCUT2D eigenvalue weighted by Gasteiger charge is 2.17. The van der Waals surface area contributed by atoms with E-state index < -0.39 is 0 Å². The van der Waals surface area contributed by atoms with Gasteiger partial charge in [0, 0.05) is 11.6 Å². The van der Waals surface area contributed by atoms with E-state index in [2.05, 4.69) is 22.9 Å². The average Bonchev–Trinajstić information content (AvgIpc) is 2.20. The second kappa shape index (κ2) is 4.89. The minimum Gasteiger partial charge on any atom is -0.324 e. The first-order valence-electron chi connectivity index (χ1n) is 4.77. The molecule has 0 bridgehead atoms. The van der Waals surface area contributed by atoms with Crippen LogP contribution in [0.15, 0.2) is 22.7 Å². The van der Waals surface area contributed by atoms with Gasteiger partial charge in [-0.1, -0.05) is 32.4 Å². The van der Waals surface area contributed by atoms with Crippen LogP contribution in [0.5, 0.6) is 0 Å². The standard InChI is InChI=1S/C11H15BrFN/c1-3-7(2)11(14)8-5-4-6-9(12)10(8)13/h4-7,11H,3,14H2,1-2H3/t7?,11-/m0/s1. The molecule has 0 amide bonds. The van der Waals surface area contributed by atoms with Crippen molar-refractivity contribution in [1.29, 1.82) is 0 Å². The molecule has 0 fully saturated rings. The van der Waals surface area contributed by atoms with Crippen molar-refractivity contribution in [3.8, 4) is 0 Å². The van der Waals surface area contributed by atoms with Gasteiger partial charge in [0.15, 0.2) is 0 Å². The maximum Gasteiger partial charge on any atom is 0.142 e. The van der Waals surface area contributed by atoms with Crippen LogP contribution in [-0.2, 0) is 0 Å². The molecule has 0 heterocycles. The molecule has 2 atom stereocenters. The van der Waals surface area contributed by atoms with Crippen LogP contribution >= 0.6 is 15.9 Å². The molecule has 1 aromatic rings. The summed E-state index contributed by atoms with van der Waals surface area (Å²) in [5.74, 6) is 0.0547. The molecule has 0 radical (unpaired) electrons. The SMILES string of the molecule is CCC(C)[C@H](N)c1cccc(Br)c1F. The highest BCUT2D eigenvalue weighted by molar-refractivity contribution is 9.10. The van der Waals surface area contributed by atoms with Crippen LogP contribution in [0.3, 0.4) is 0 Å². The van der Waals surface area contributed by atoms with E-state index in [1.54, 1.807) is 12.1 Å². The van der Waals surface area contributed by atoms with Gasteiger partial charge in [0.25, 0.3) is 0 Å². The van der Waals surface area contributed by atoms with Gasteiger partial charge >= 0.3 is 0 Å². The lowest BCUT2D eigenvalue weighted by Gasteiger charge is -2.19. The van der Waals surface area contributed by atoms with Crippen LogP contribution in [-0.4, -0.2) is 0 Å². The first-order valence-corrected chi connectivity index (χ1v) is 5.56. The third-order valence-electron chi connectivity index (χ3n) is 2.60. The monoisotopic (exact) mass is 259 g/mol. The van der Waals surface area contributed by atoms with Crippen molar-refractivity contribution in [2.45, 2.75) is 26.3 Å².